The molecular formula is C12H14N2O5S3. The molecule has 0 atom stereocenters. The molecule has 120 valence electrons. The van der Waals surface area contributed by atoms with Crippen LogP contribution in [0.15, 0.2) is 23.1 Å². The van der Waals surface area contributed by atoms with Crippen LogP contribution in [0.1, 0.15) is 6.42 Å². The van der Waals surface area contributed by atoms with Gasteiger partial charge in [0.25, 0.3) is 0 Å². The molecular weight excluding hydrogens is 348 g/mol. The van der Waals surface area contributed by atoms with Gasteiger partial charge in [-0.15, -0.1) is 0 Å². The van der Waals surface area contributed by atoms with Gasteiger partial charge in [-0.25, -0.2) is 21.8 Å². The number of amides is 1. The van der Waals surface area contributed by atoms with Gasteiger partial charge in [0.05, 0.1) is 20.9 Å². The van der Waals surface area contributed by atoms with E-state index in [9.17, 15) is 21.6 Å². The Hall–Kier alpha value is -1.52. The van der Waals surface area contributed by atoms with Crippen molar-refractivity contribution >= 4 is 52.3 Å². The van der Waals surface area contributed by atoms with E-state index in [1.807, 2.05) is 0 Å². The Morgan fingerprint density at radius 1 is 1.23 bits per heavy atom. The van der Waals surface area contributed by atoms with Gasteiger partial charge >= 0.3 is 0 Å². The fourth-order valence-corrected chi connectivity index (χ4v) is 3.85. The van der Waals surface area contributed by atoms with Gasteiger partial charge in [-0.1, -0.05) is 11.3 Å². The van der Waals surface area contributed by atoms with E-state index in [1.165, 1.54) is 12.1 Å². The van der Waals surface area contributed by atoms with Crippen LogP contribution in [-0.2, 0) is 24.5 Å². The van der Waals surface area contributed by atoms with Crippen molar-refractivity contribution in [3.63, 3.8) is 0 Å². The van der Waals surface area contributed by atoms with Gasteiger partial charge in [0.2, 0.25) is 5.91 Å². The van der Waals surface area contributed by atoms with Crippen molar-refractivity contribution in [3.05, 3.63) is 18.2 Å². The number of carbonyl (C=O) groups excluding carboxylic acids is 1. The summed E-state index contributed by atoms with van der Waals surface area (Å²) in [7, 11) is -6.51. The number of thiazole rings is 1. The zero-order chi connectivity index (χ0) is 16.5. The molecule has 0 fully saturated rings. The summed E-state index contributed by atoms with van der Waals surface area (Å²) < 4.78 is 45.6. The quantitative estimate of drug-likeness (QED) is 0.852. The SMILES string of the molecule is CS(=O)(=O)CCC(=O)Nc1nc2ccc(S(C)(=O)=O)cc2s1. The average molecular weight is 362 g/mol. The summed E-state index contributed by atoms with van der Waals surface area (Å²) in [6.45, 7) is 0. The van der Waals surface area contributed by atoms with E-state index in [0.29, 0.717) is 15.3 Å². The summed E-state index contributed by atoms with van der Waals surface area (Å²) in [6, 6.07) is 4.51. The normalized spacial score (nSPS) is 12.5. The summed E-state index contributed by atoms with van der Waals surface area (Å²) in [5.74, 6) is -0.685. The predicted molar refractivity (Wildman–Crippen MR) is 85.7 cm³/mol. The highest BCUT2D eigenvalue weighted by Crippen LogP contribution is 2.28. The molecule has 0 spiro atoms. The number of hydrogen-bond donors (Lipinski definition) is 1. The standard InChI is InChI=1S/C12H14N2O5S3/c1-21(16,17)6-5-11(15)14-12-13-9-4-3-8(22(2,18)19)7-10(9)20-12/h3-4,7H,5-6H2,1-2H3,(H,13,14,15). The molecule has 10 heteroatoms. The number of carbonyl (C=O) groups is 1. The number of hydrogen-bond acceptors (Lipinski definition) is 7. The molecule has 1 aromatic heterocycles. The largest absolute Gasteiger partial charge is 0.302 e. The smallest absolute Gasteiger partial charge is 0.227 e. The van der Waals surface area contributed by atoms with Gasteiger partial charge in [0.15, 0.2) is 15.0 Å². The average Bonchev–Trinajstić information content (AvgIpc) is 2.75. The van der Waals surface area contributed by atoms with Gasteiger partial charge in [0.1, 0.15) is 9.84 Å². The lowest BCUT2D eigenvalue weighted by molar-refractivity contribution is -0.115. The van der Waals surface area contributed by atoms with Crippen molar-refractivity contribution in [2.75, 3.05) is 23.6 Å². The van der Waals surface area contributed by atoms with Crippen LogP contribution in [0.2, 0.25) is 0 Å². The molecule has 0 aliphatic heterocycles. The van der Waals surface area contributed by atoms with Crippen molar-refractivity contribution in [3.8, 4) is 0 Å². The Morgan fingerprint density at radius 2 is 1.91 bits per heavy atom. The Bertz CT molecular complexity index is 929. The topological polar surface area (TPSA) is 110 Å². The molecule has 0 bridgehead atoms. The monoisotopic (exact) mass is 362 g/mol. The summed E-state index contributed by atoms with van der Waals surface area (Å²) in [5, 5.41) is 2.82. The summed E-state index contributed by atoms with van der Waals surface area (Å²) >= 11 is 1.13. The van der Waals surface area contributed by atoms with E-state index in [2.05, 4.69) is 10.3 Å². The minimum atomic E-state index is -3.31. The van der Waals surface area contributed by atoms with Gasteiger partial charge in [-0.3, -0.25) is 4.79 Å². The number of benzene rings is 1. The fraction of sp³-hybridized carbons (Fsp3) is 0.333. The maximum Gasteiger partial charge on any atom is 0.227 e. The van der Waals surface area contributed by atoms with Crippen LogP contribution in [0.4, 0.5) is 5.13 Å². The van der Waals surface area contributed by atoms with Crippen molar-refractivity contribution in [1.29, 1.82) is 0 Å². The van der Waals surface area contributed by atoms with Crippen LogP contribution >= 0.6 is 11.3 Å². The summed E-state index contributed by atoms with van der Waals surface area (Å²) in [5.41, 5.74) is 0.566. The van der Waals surface area contributed by atoms with E-state index in [-0.39, 0.29) is 17.1 Å². The van der Waals surface area contributed by atoms with E-state index in [4.69, 9.17) is 0 Å². The second kappa shape index (κ2) is 5.94. The lowest BCUT2D eigenvalue weighted by Gasteiger charge is -1.99. The van der Waals surface area contributed by atoms with E-state index in [0.717, 1.165) is 23.8 Å². The van der Waals surface area contributed by atoms with Gasteiger partial charge < -0.3 is 5.32 Å². The number of fused-ring (bicyclic) bond motifs is 1. The van der Waals surface area contributed by atoms with E-state index < -0.39 is 25.6 Å². The lowest BCUT2D eigenvalue weighted by Crippen LogP contribution is -2.16. The summed E-state index contributed by atoms with van der Waals surface area (Å²) in [4.78, 5) is 16.0. The Balaban J connectivity index is 2.18. The number of rotatable bonds is 5. The maximum absolute atomic E-state index is 11.7. The first-order chi connectivity index (χ1) is 10.0. The minimum Gasteiger partial charge on any atom is -0.302 e. The number of sulfone groups is 2. The zero-order valence-corrected chi connectivity index (χ0v) is 14.3. The molecule has 1 aromatic carbocycles. The molecule has 0 radical (unpaired) electrons. The van der Waals surface area contributed by atoms with Crippen LogP contribution in [0.25, 0.3) is 10.2 Å². The molecule has 1 N–H and O–H groups in total. The van der Waals surface area contributed by atoms with Crippen LogP contribution in [0.5, 0.6) is 0 Å². The van der Waals surface area contributed by atoms with Crippen LogP contribution in [-0.4, -0.2) is 46.0 Å². The molecule has 0 saturated carbocycles. The van der Waals surface area contributed by atoms with Gasteiger partial charge in [0, 0.05) is 18.9 Å². The fourth-order valence-electron chi connectivity index (χ4n) is 1.65. The third-order valence-corrected chi connectivity index (χ3v) is 5.72. The third kappa shape index (κ3) is 4.49. The highest BCUT2D eigenvalue weighted by atomic mass is 32.2. The molecule has 0 saturated heterocycles. The van der Waals surface area contributed by atoms with E-state index >= 15 is 0 Å². The predicted octanol–water partition coefficient (Wildman–Crippen LogP) is 1.07. The van der Waals surface area contributed by atoms with Crippen molar-refractivity contribution in [2.45, 2.75) is 11.3 Å². The number of nitrogens with one attached hydrogen (secondary N) is 1. The molecule has 0 unspecified atom stereocenters. The molecule has 1 heterocycles. The first-order valence-corrected chi connectivity index (χ1v) is 10.9. The molecule has 2 rings (SSSR count). The zero-order valence-electron chi connectivity index (χ0n) is 11.9. The summed E-state index contributed by atoms with van der Waals surface area (Å²) in [6.07, 6.45) is 2.02. The van der Waals surface area contributed by atoms with Gasteiger partial charge in [-0.05, 0) is 18.2 Å². The maximum atomic E-state index is 11.7. The molecule has 22 heavy (non-hydrogen) atoms. The second-order valence-electron chi connectivity index (χ2n) is 4.85. The van der Waals surface area contributed by atoms with Gasteiger partial charge in [-0.2, -0.15) is 0 Å². The van der Waals surface area contributed by atoms with Crippen LogP contribution < -0.4 is 5.32 Å². The van der Waals surface area contributed by atoms with Crippen LogP contribution in [0.3, 0.4) is 0 Å². The number of anilines is 1. The van der Waals surface area contributed by atoms with Crippen molar-refractivity contribution in [2.24, 2.45) is 0 Å². The van der Waals surface area contributed by atoms with E-state index in [1.54, 1.807) is 6.07 Å². The molecule has 0 aliphatic rings. The van der Waals surface area contributed by atoms with Crippen molar-refractivity contribution in [1.82, 2.24) is 4.98 Å². The Labute approximate surface area is 132 Å². The molecule has 7 nitrogen and oxygen atoms in total. The third-order valence-electron chi connectivity index (χ3n) is 2.73. The first-order valence-electron chi connectivity index (χ1n) is 6.13. The molecule has 1 amide bonds. The number of nitrogens with zero attached hydrogens (tertiary/aromatic N) is 1. The van der Waals surface area contributed by atoms with Crippen LogP contribution in [0, 0.1) is 0 Å². The Morgan fingerprint density at radius 3 is 2.50 bits per heavy atom. The Kier molecular flexibility index (Phi) is 4.54. The molecule has 0 aliphatic carbocycles. The van der Waals surface area contributed by atoms with Crippen molar-refractivity contribution < 1.29 is 21.6 Å². The highest BCUT2D eigenvalue weighted by molar-refractivity contribution is 7.91. The molecule has 2 aromatic rings. The second-order valence-corrected chi connectivity index (χ2v) is 10.2. The highest BCUT2D eigenvalue weighted by Gasteiger charge is 2.13. The lowest BCUT2D eigenvalue weighted by atomic mass is 10.3. The minimum absolute atomic E-state index is 0.149. The number of aromatic nitrogens is 1. The first kappa shape index (κ1) is 16.8.